The molecular formula is C27H29N3O. The highest BCUT2D eigenvalue weighted by molar-refractivity contribution is 5.77. The number of hydrogen-bond donors (Lipinski definition) is 0. The molecule has 0 unspecified atom stereocenters. The Kier molecular flexibility index (Phi) is 5.70. The Labute approximate surface area is 184 Å². The number of aromatic nitrogens is 3. The zero-order valence-electron chi connectivity index (χ0n) is 18.1. The highest BCUT2D eigenvalue weighted by Crippen LogP contribution is 2.37. The molecule has 0 bridgehead atoms. The summed E-state index contributed by atoms with van der Waals surface area (Å²) in [7, 11) is 0. The second-order valence-electron chi connectivity index (χ2n) is 8.56. The summed E-state index contributed by atoms with van der Waals surface area (Å²) in [5, 5.41) is 4.72. The summed E-state index contributed by atoms with van der Waals surface area (Å²) in [6, 6.07) is 10.3. The molecule has 5 rings (SSSR count). The minimum Gasteiger partial charge on any atom is -0.489 e. The summed E-state index contributed by atoms with van der Waals surface area (Å²) in [4.78, 5) is 4.77. The molecule has 2 aliphatic carbocycles. The second-order valence-corrected chi connectivity index (χ2v) is 8.56. The van der Waals surface area contributed by atoms with Crippen LogP contribution in [0.25, 0.3) is 11.2 Å². The van der Waals surface area contributed by atoms with Crippen molar-refractivity contribution >= 4 is 11.2 Å². The molecule has 31 heavy (non-hydrogen) atoms. The first kappa shape index (κ1) is 19.8. The molecule has 1 saturated carbocycles. The van der Waals surface area contributed by atoms with Crippen LogP contribution in [0.15, 0.2) is 72.8 Å². The lowest BCUT2D eigenvalue weighted by Crippen LogP contribution is -2.14. The van der Waals surface area contributed by atoms with Crippen molar-refractivity contribution < 1.29 is 4.74 Å². The molecule has 0 N–H and O–H groups in total. The number of aryl methyl sites for hydroxylation is 1. The zero-order chi connectivity index (χ0) is 21.0. The zero-order valence-corrected chi connectivity index (χ0v) is 18.1. The Hall–Kier alpha value is -3.14. The summed E-state index contributed by atoms with van der Waals surface area (Å²) in [5.74, 6) is 1.45. The SMILES string of the molecule is Cc1cnn2c(C3CCCCC3)c(C3=CCC=C(OCc4ccccc4)C=C3)cnc12. The van der Waals surface area contributed by atoms with Crippen LogP contribution in [0.1, 0.15) is 66.8 Å². The van der Waals surface area contributed by atoms with Crippen LogP contribution in [-0.2, 0) is 11.3 Å². The van der Waals surface area contributed by atoms with Crippen LogP contribution < -0.4 is 0 Å². The van der Waals surface area contributed by atoms with Gasteiger partial charge in [-0.2, -0.15) is 5.10 Å². The minimum atomic E-state index is 0.535. The topological polar surface area (TPSA) is 39.4 Å². The van der Waals surface area contributed by atoms with Crippen LogP contribution in [-0.4, -0.2) is 14.6 Å². The van der Waals surface area contributed by atoms with Gasteiger partial charge in [0.1, 0.15) is 12.4 Å². The van der Waals surface area contributed by atoms with Gasteiger partial charge in [-0.05, 0) is 49.5 Å². The summed E-state index contributed by atoms with van der Waals surface area (Å²) >= 11 is 0. The summed E-state index contributed by atoms with van der Waals surface area (Å²) < 4.78 is 8.16. The largest absolute Gasteiger partial charge is 0.489 e. The number of benzene rings is 1. The summed E-state index contributed by atoms with van der Waals surface area (Å²) in [6.45, 7) is 2.67. The van der Waals surface area contributed by atoms with Crippen LogP contribution >= 0.6 is 0 Å². The molecule has 2 heterocycles. The van der Waals surface area contributed by atoms with E-state index in [4.69, 9.17) is 14.8 Å². The highest BCUT2D eigenvalue weighted by Gasteiger charge is 2.24. The first-order valence-electron chi connectivity index (χ1n) is 11.4. The van der Waals surface area contributed by atoms with E-state index < -0.39 is 0 Å². The van der Waals surface area contributed by atoms with Gasteiger partial charge in [0.05, 0.1) is 11.9 Å². The van der Waals surface area contributed by atoms with Gasteiger partial charge in [0, 0.05) is 23.2 Å². The van der Waals surface area contributed by atoms with E-state index in [1.165, 1.54) is 54.5 Å². The lowest BCUT2D eigenvalue weighted by molar-refractivity contribution is 0.210. The monoisotopic (exact) mass is 411 g/mol. The van der Waals surface area contributed by atoms with Gasteiger partial charge in [0.25, 0.3) is 0 Å². The third-order valence-corrected chi connectivity index (χ3v) is 6.38. The molecule has 0 saturated heterocycles. The van der Waals surface area contributed by atoms with Crippen LogP contribution in [0.2, 0.25) is 0 Å². The molecule has 4 heteroatoms. The van der Waals surface area contributed by atoms with E-state index in [-0.39, 0.29) is 0 Å². The number of fused-ring (bicyclic) bond motifs is 1. The molecular weight excluding hydrogens is 382 g/mol. The summed E-state index contributed by atoms with van der Waals surface area (Å²) in [5.41, 5.74) is 7.02. The quantitative estimate of drug-likeness (QED) is 0.479. The van der Waals surface area contributed by atoms with Gasteiger partial charge in [-0.1, -0.05) is 61.7 Å². The second kappa shape index (κ2) is 8.93. The van der Waals surface area contributed by atoms with Crippen LogP contribution in [0.4, 0.5) is 0 Å². The normalized spacial score (nSPS) is 17.3. The Morgan fingerprint density at radius 3 is 2.68 bits per heavy atom. The number of rotatable bonds is 5. The van der Waals surface area contributed by atoms with E-state index >= 15 is 0 Å². The van der Waals surface area contributed by atoms with Crippen molar-refractivity contribution in [3.05, 3.63) is 95.2 Å². The Bertz CT molecular complexity index is 1150. The van der Waals surface area contributed by atoms with E-state index in [9.17, 15) is 0 Å². The van der Waals surface area contributed by atoms with Crippen molar-refractivity contribution in [2.24, 2.45) is 0 Å². The fourth-order valence-corrected chi connectivity index (χ4v) is 4.71. The van der Waals surface area contributed by atoms with Crippen molar-refractivity contribution in [2.45, 2.75) is 58.0 Å². The van der Waals surface area contributed by atoms with E-state index in [0.717, 1.165) is 23.4 Å². The molecule has 3 aromatic rings. The van der Waals surface area contributed by atoms with Gasteiger partial charge >= 0.3 is 0 Å². The Morgan fingerprint density at radius 2 is 1.84 bits per heavy atom. The maximum Gasteiger partial charge on any atom is 0.158 e. The van der Waals surface area contributed by atoms with E-state index in [1.54, 1.807) is 0 Å². The van der Waals surface area contributed by atoms with Gasteiger partial charge in [0.15, 0.2) is 5.65 Å². The van der Waals surface area contributed by atoms with Crippen molar-refractivity contribution in [1.82, 2.24) is 14.6 Å². The maximum absolute atomic E-state index is 6.06. The van der Waals surface area contributed by atoms with E-state index in [2.05, 4.69) is 54.1 Å². The molecule has 158 valence electrons. The minimum absolute atomic E-state index is 0.535. The average molecular weight is 412 g/mol. The lowest BCUT2D eigenvalue weighted by Gasteiger charge is -2.25. The van der Waals surface area contributed by atoms with Crippen molar-refractivity contribution in [1.29, 1.82) is 0 Å². The lowest BCUT2D eigenvalue weighted by atomic mass is 9.84. The van der Waals surface area contributed by atoms with Gasteiger partial charge in [-0.25, -0.2) is 9.50 Å². The molecule has 4 nitrogen and oxygen atoms in total. The molecule has 0 atom stereocenters. The fourth-order valence-electron chi connectivity index (χ4n) is 4.71. The summed E-state index contributed by atoms with van der Waals surface area (Å²) in [6.07, 6.45) is 19.9. The first-order chi connectivity index (χ1) is 15.3. The molecule has 0 spiro atoms. The predicted octanol–water partition coefficient (Wildman–Crippen LogP) is 6.53. The Morgan fingerprint density at radius 1 is 1.00 bits per heavy atom. The maximum atomic E-state index is 6.06. The first-order valence-corrected chi connectivity index (χ1v) is 11.4. The highest BCUT2D eigenvalue weighted by atomic mass is 16.5. The predicted molar refractivity (Wildman–Crippen MR) is 125 cm³/mol. The van der Waals surface area contributed by atoms with Crippen LogP contribution in [0.5, 0.6) is 0 Å². The molecule has 2 aromatic heterocycles. The van der Waals surface area contributed by atoms with Gasteiger partial charge in [0.2, 0.25) is 0 Å². The molecule has 1 aromatic carbocycles. The third kappa shape index (κ3) is 4.20. The van der Waals surface area contributed by atoms with Crippen molar-refractivity contribution in [3.8, 4) is 0 Å². The van der Waals surface area contributed by atoms with Gasteiger partial charge < -0.3 is 4.74 Å². The van der Waals surface area contributed by atoms with Crippen LogP contribution in [0.3, 0.4) is 0 Å². The van der Waals surface area contributed by atoms with Gasteiger partial charge in [-0.3, -0.25) is 0 Å². The molecule has 0 aliphatic heterocycles. The number of hydrogen-bond acceptors (Lipinski definition) is 3. The number of allylic oxidation sites excluding steroid dienone is 5. The average Bonchev–Trinajstić information content (AvgIpc) is 3.04. The number of nitrogens with zero attached hydrogens (tertiary/aromatic N) is 3. The van der Waals surface area contributed by atoms with Crippen LogP contribution in [0, 0.1) is 6.92 Å². The molecule has 1 fully saturated rings. The fraction of sp³-hybridized carbons (Fsp3) is 0.333. The van der Waals surface area contributed by atoms with Crippen molar-refractivity contribution in [2.75, 3.05) is 0 Å². The van der Waals surface area contributed by atoms with Gasteiger partial charge in [-0.15, -0.1) is 0 Å². The van der Waals surface area contributed by atoms with E-state index in [1.807, 2.05) is 24.4 Å². The molecule has 0 amide bonds. The van der Waals surface area contributed by atoms with Crippen molar-refractivity contribution in [3.63, 3.8) is 0 Å². The third-order valence-electron chi connectivity index (χ3n) is 6.38. The van der Waals surface area contributed by atoms with E-state index in [0.29, 0.717) is 12.5 Å². The Balaban J connectivity index is 1.43. The standard InChI is InChI=1S/C27H29N3O/c1-20-17-29-30-26(23-11-6-3-7-12-23)25(18-28-27(20)30)22-13-8-14-24(16-15-22)31-19-21-9-4-2-5-10-21/h2,4-5,9-10,13-18,23H,3,6-8,11-12,19H2,1H3. The number of ether oxygens (including phenoxy) is 1. The molecule has 2 aliphatic rings. The smallest absolute Gasteiger partial charge is 0.158 e. The molecule has 0 radical (unpaired) electrons.